The molecule has 1 N–H and O–H groups in total. The summed E-state index contributed by atoms with van der Waals surface area (Å²) in [7, 11) is 0. The molecule has 2 atom stereocenters. The molecule has 0 heterocycles. The molecule has 0 radical (unpaired) electrons. The van der Waals surface area contributed by atoms with Crippen molar-refractivity contribution in [3.8, 4) is 0 Å². The SMILES string of the molecule is CC(C)NCC1CC1c1ccc(C2CC2)cc1. The van der Waals surface area contributed by atoms with Crippen LogP contribution in [0.2, 0.25) is 0 Å². The van der Waals surface area contributed by atoms with Crippen LogP contribution in [0, 0.1) is 5.92 Å². The molecule has 17 heavy (non-hydrogen) atoms. The number of rotatable bonds is 5. The number of nitrogens with one attached hydrogen (secondary N) is 1. The summed E-state index contributed by atoms with van der Waals surface area (Å²) in [5, 5.41) is 3.55. The Morgan fingerprint density at radius 2 is 1.76 bits per heavy atom. The summed E-state index contributed by atoms with van der Waals surface area (Å²) in [5.74, 6) is 2.60. The Balaban J connectivity index is 1.55. The second-order valence-corrected chi connectivity index (χ2v) is 6.11. The zero-order valence-corrected chi connectivity index (χ0v) is 10.9. The van der Waals surface area contributed by atoms with Crippen molar-refractivity contribution in [2.24, 2.45) is 5.92 Å². The lowest BCUT2D eigenvalue weighted by molar-refractivity contribution is 0.554. The Labute approximate surface area is 105 Å². The third-order valence-electron chi connectivity index (χ3n) is 4.12. The van der Waals surface area contributed by atoms with Crippen molar-refractivity contribution in [2.45, 2.75) is 51.0 Å². The Bertz CT molecular complexity index is 375. The highest BCUT2D eigenvalue weighted by molar-refractivity contribution is 5.32. The van der Waals surface area contributed by atoms with E-state index in [0.717, 1.165) is 17.8 Å². The molecule has 1 nitrogen and oxygen atoms in total. The summed E-state index contributed by atoms with van der Waals surface area (Å²) in [6.07, 6.45) is 4.19. The van der Waals surface area contributed by atoms with E-state index < -0.39 is 0 Å². The summed E-state index contributed by atoms with van der Waals surface area (Å²) in [6.45, 7) is 5.64. The standard InChI is InChI=1S/C16H23N/c1-11(2)17-10-15-9-16(15)14-7-5-13(6-8-14)12-3-4-12/h5-8,11-12,15-17H,3-4,9-10H2,1-2H3. The van der Waals surface area contributed by atoms with Gasteiger partial charge in [-0.1, -0.05) is 38.1 Å². The minimum atomic E-state index is 0.619. The van der Waals surface area contributed by atoms with Gasteiger partial charge in [0.05, 0.1) is 0 Å². The van der Waals surface area contributed by atoms with E-state index in [-0.39, 0.29) is 0 Å². The highest BCUT2D eigenvalue weighted by atomic mass is 14.9. The molecule has 0 saturated heterocycles. The first-order valence-electron chi connectivity index (χ1n) is 7.07. The zero-order chi connectivity index (χ0) is 11.8. The van der Waals surface area contributed by atoms with Crippen molar-refractivity contribution in [1.82, 2.24) is 5.32 Å². The van der Waals surface area contributed by atoms with Crippen LogP contribution in [0.5, 0.6) is 0 Å². The molecule has 3 rings (SSSR count). The van der Waals surface area contributed by atoms with Crippen LogP contribution in [-0.2, 0) is 0 Å². The molecular formula is C16H23N. The van der Waals surface area contributed by atoms with Gasteiger partial charge in [0.25, 0.3) is 0 Å². The number of benzene rings is 1. The fraction of sp³-hybridized carbons (Fsp3) is 0.625. The molecule has 2 unspecified atom stereocenters. The fourth-order valence-corrected chi connectivity index (χ4v) is 2.70. The molecule has 2 fully saturated rings. The average molecular weight is 229 g/mol. The van der Waals surface area contributed by atoms with Gasteiger partial charge in [0.15, 0.2) is 0 Å². The molecule has 0 aromatic heterocycles. The summed E-state index contributed by atoms with van der Waals surface area (Å²) in [6, 6.07) is 10.1. The van der Waals surface area contributed by atoms with Gasteiger partial charge in [0.1, 0.15) is 0 Å². The maximum atomic E-state index is 3.55. The first-order valence-corrected chi connectivity index (χ1v) is 7.07. The van der Waals surface area contributed by atoms with Gasteiger partial charge in [0, 0.05) is 6.04 Å². The van der Waals surface area contributed by atoms with E-state index in [1.807, 2.05) is 0 Å². The molecule has 2 saturated carbocycles. The highest BCUT2D eigenvalue weighted by Gasteiger charge is 2.37. The lowest BCUT2D eigenvalue weighted by atomic mass is 10.0. The Hall–Kier alpha value is -0.820. The van der Waals surface area contributed by atoms with E-state index in [9.17, 15) is 0 Å². The first kappa shape index (κ1) is 11.3. The van der Waals surface area contributed by atoms with Gasteiger partial charge in [-0.15, -0.1) is 0 Å². The predicted molar refractivity (Wildman–Crippen MR) is 72.4 cm³/mol. The maximum Gasteiger partial charge on any atom is 0.00104 e. The average Bonchev–Trinajstić information content (AvgIpc) is 3.19. The van der Waals surface area contributed by atoms with Crippen molar-refractivity contribution in [1.29, 1.82) is 0 Å². The van der Waals surface area contributed by atoms with Crippen LogP contribution in [-0.4, -0.2) is 12.6 Å². The van der Waals surface area contributed by atoms with Gasteiger partial charge < -0.3 is 5.32 Å². The van der Waals surface area contributed by atoms with Gasteiger partial charge in [-0.05, 0) is 54.7 Å². The summed E-state index contributed by atoms with van der Waals surface area (Å²) in [4.78, 5) is 0. The van der Waals surface area contributed by atoms with Crippen LogP contribution < -0.4 is 5.32 Å². The van der Waals surface area contributed by atoms with Gasteiger partial charge >= 0.3 is 0 Å². The summed E-state index contributed by atoms with van der Waals surface area (Å²) in [5.41, 5.74) is 3.12. The second kappa shape index (κ2) is 4.45. The second-order valence-electron chi connectivity index (χ2n) is 6.11. The van der Waals surface area contributed by atoms with Gasteiger partial charge in [0.2, 0.25) is 0 Å². The minimum Gasteiger partial charge on any atom is -0.314 e. The van der Waals surface area contributed by atoms with Crippen molar-refractivity contribution in [2.75, 3.05) is 6.54 Å². The van der Waals surface area contributed by atoms with E-state index in [1.165, 1.54) is 25.8 Å². The summed E-state index contributed by atoms with van der Waals surface area (Å²) < 4.78 is 0. The molecule has 1 aromatic carbocycles. The molecule has 0 aliphatic heterocycles. The Morgan fingerprint density at radius 1 is 1.12 bits per heavy atom. The largest absolute Gasteiger partial charge is 0.314 e. The van der Waals surface area contributed by atoms with E-state index in [0.29, 0.717) is 6.04 Å². The van der Waals surface area contributed by atoms with Gasteiger partial charge in [-0.25, -0.2) is 0 Å². The monoisotopic (exact) mass is 229 g/mol. The van der Waals surface area contributed by atoms with Crippen LogP contribution in [0.4, 0.5) is 0 Å². The lowest BCUT2D eigenvalue weighted by Gasteiger charge is -2.07. The third kappa shape index (κ3) is 2.71. The van der Waals surface area contributed by atoms with Crippen molar-refractivity contribution in [3.63, 3.8) is 0 Å². The molecule has 2 aliphatic carbocycles. The summed E-state index contributed by atoms with van der Waals surface area (Å²) >= 11 is 0. The van der Waals surface area contributed by atoms with E-state index in [1.54, 1.807) is 11.1 Å². The third-order valence-corrected chi connectivity index (χ3v) is 4.12. The molecular weight excluding hydrogens is 206 g/mol. The van der Waals surface area contributed by atoms with Crippen molar-refractivity contribution in [3.05, 3.63) is 35.4 Å². The van der Waals surface area contributed by atoms with E-state index in [2.05, 4.69) is 43.4 Å². The Morgan fingerprint density at radius 3 is 2.35 bits per heavy atom. The quantitative estimate of drug-likeness (QED) is 0.812. The van der Waals surface area contributed by atoms with E-state index >= 15 is 0 Å². The lowest BCUT2D eigenvalue weighted by Crippen LogP contribution is -2.25. The normalized spacial score (nSPS) is 27.5. The van der Waals surface area contributed by atoms with Crippen LogP contribution in [0.3, 0.4) is 0 Å². The molecule has 2 aliphatic rings. The van der Waals surface area contributed by atoms with Crippen LogP contribution in [0.15, 0.2) is 24.3 Å². The topological polar surface area (TPSA) is 12.0 Å². The molecule has 0 amide bonds. The zero-order valence-electron chi connectivity index (χ0n) is 10.9. The fourth-order valence-electron chi connectivity index (χ4n) is 2.70. The van der Waals surface area contributed by atoms with Crippen molar-refractivity contribution < 1.29 is 0 Å². The maximum absolute atomic E-state index is 3.55. The number of hydrogen-bond acceptors (Lipinski definition) is 1. The Kier molecular flexibility index (Phi) is 2.96. The molecule has 0 bridgehead atoms. The van der Waals surface area contributed by atoms with E-state index in [4.69, 9.17) is 0 Å². The smallest absolute Gasteiger partial charge is 0.00104 e. The van der Waals surface area contributed by atoms with Gasteiger partial charge in [-0.2, -0.15) is 0 Å². The molecule has 1 heteroatoms. The van der Waals surface area contributed by atoms with Crippen LogP contribution in [0.25, 0.3) is 0 Å². The molecule has 1 aromatic rings. The van der Waals surface area contributed by atoms with Crippen LogP contribution in [0.1, 0.15) is 56.1 Å². The first-order chi connectivity index (χ1) is 8.24. The highest BCUT2D eigenvalue weighted by Crippen LogP contribution is 2.48. The minimum absolute atomic E-state index is 0.619. The molecule has 92 valence electrons. The van der Waals surface area contributed by atoms with Gasteiger partial charge in [-0.3, -0.25) is 0 Å². The van der Waals surface area contributed by atoms with Crippen LogP contribution >= 0.6 is 0 Å². The van der Waals surface area contributed by atoms with Crippen molar-refractivity contribution >= 4 is 0 Å². The number of hydrogen-bond donors (Lipinski definition) is 1. The molecule has 0 spiro atoms. The predicted octanol–water partition coefficient (Wildman–Crippen LogP) is 3.67.